The van der Waals surface area contributed by atoms with Crippen LogP contribution in [0.5, 0.6) is 0 Å². The molecule has 0 N–H and O–H groups in total. The van der Waals surface area contributed by atoms with Gasteiger partial charge in [0.2, 0.25) is 5.91 Å². The summed E-state index contributed by atoms with van der Waals surface area (Å²) in [5.41, 5.74) is 3.41. The minimum Gasteiger partial charge on any atom is -0.341 e. The highest BCUT2D eigenvalue weighted by atomic mass is 32.2. The van der Waals surface area contributed by atoms with Gasteiger partial charge in [0.1, 0.15) is 11.4 Å². The highest BCUT2D eigenvalue weighted by Gasteiger charge is 2.33. The second-order valence-electron chi connectivity index (χ2n) is 8.28. The molecule has 0 radical (unpaired) electrons. The zero-order valence-corrected chi connectivity index (χ0v) is 19.4. The van der Waals surface area contributed by atoms with E-state index in [-0.39, 0.29) is 17.3 Å². The molecule has 164 valence electrons. The van der Waals surface area contributed by atoms with Crippen LogP contribution in [0.2, 0.25) is 0 Å². The van der Waals surface area contributed by atoms with Crippen LogP contribution >= 0.6 is 0 Å². The second kappa shape index (κ2) is 8.79. The van der Waals surface area contributed by atoms with E-state index in [4.69, 9.17) is 0 Å². The van der Waals surface area contributed by atoms with Crippen LogP contribution in [0.3, 0.4) is 0 Å². The number of carbonyl (C=O) groups excluding carboxylic acids is 1. The van der Waals surface area contributed by atoms with Crippen molar-refractivity contribution in [1.29, 1.82) is 0 Å². The minimum atomic E-state index is -3.97. The highest BCUT2D eigenvalue weighted by Crippen LogP contribution is 2.29. The molecule has 2 heterocycles. The van der Waals surface area contributed by atoms with Gasteiger partial charge in [-0.3, -0.25) is 13.8 Å². The SMILES string of the molecule is Cc1cc(C)cc(N(CC(=O)N2CCCCCC2)S(=O)(=O)c2c(C)nn(C)c2C)c1. The molecule has 0 unspecified atom stereocenters. The predicted octanol–water partition coefficient (Wildman–Crippen LogP) is 3.25. The van der Waals surface area contributed by atoms with Crippen molar-refractivity contribution in [2.24, 2.45) is 7.05 Å². The van der Waals surface area contributed by atoms with E-state index >= 15 is 0 Å². The number of nitrogens with zero attached hydrogens (tertiary/aromatic N) is 4. The number of benzene rings is 1. The van der Waals surface area contributed by atoms with Crippen molar-refractivity contribution in [1.82, 2.24) is 14.7 Å². The molecular formula is C22H32N4O3S. The van der Waals surface area contributed by atoms with E-state index in [1.54, 1.807) is 30.5 Å². The van der Waals surface area contributed by atoms with Crippen LogP contribution in [-0.4, -0.2) is 48.6 Å². The van der Waals surface area contributed by atoms with Crippen LogP contribution in [0.15, 0.2) is 23.1 Å². The van der Waals surface area contributed by atoms with E-state index in [0.29, 0.717) is 30.2 Å². The van der Waals surface area contributed by atoms with Crippen molar-refractivity contribution < 1.29 is 13.2 Å². The Labute approximate surface area is 179 Å². The Morgan fingerprint density at radius 2 is 1.57 bits per heavy atom. The van der Waals surface area contributed by atoms with Crippen LogP contribution < -0.4 is 4.31 Å². The Morgan fingerprint density at radius 3 is 2.07 bits per heavy atom. The zero-order chi connectivity index (χ0) is 22.1. The van der Waals surface area contributed by atoms with Crippen LogP contribution in [0.4, 0.5) is 5.69 Å². The lowest BCUT2D eigenvalue weighted by Gasteiger charge is -2.28. The number of amides is 1. The first-order valence-electron chi connectivity index (χ1n) is 10.5. The van der Waals surface area contributed by atoms with Gasteiger partial charge >= 0.3 is 0 Å². The number of sulfonamides is 1. The summed E-state index contributed by atoms with van der Waals surface area (Å²) in [6.45, 7) is 8.45. The molecule has 0 atom stereocenters. The first kappa shape index (κ1) is 22.3. The molecule has 0 saturated carbocycles. The number of anilines is 1. The fourth-order valence-corrected chi connectivity index (χ4v) is 5.99. The average molecular weight is 433 g/mol. The van der Waals surface area contributed by atoms with Gasteiger partial charge in [-0.2, -0.15) is 5.10 Å². The Hall–Kier alpha value is -2.35. The van der Waals surface area contributed by atoms with Crippen molar-refractivity contribution in [2.75, 3.05) is 23.9 Å². The summed E-state index contributed by atoms with van der Waals surface area (Å²) in [5, 5.41) is 4.28. The Morgan fingerprint density at radius 1 is 1.00 bits per heavy atom. The van der Waals surface area contributed by atoms with Gasteiger partial charge in [-0.15, -0.1) is 0 Å². The standard InChI is InChI=1S/C22H32N4O3S/c1-16-12-17(2)14-20(13-16)26(15-21(27)25-10-8-6-7-9-11-25)30(28,29)22-18(3)23-24(5)19(22)4/h12-14H,6-11,15H2,1-5H3. The molecule has 1 aliphatic rings. The number of aromatic nitrogens is 2. The Balaban J connectivity index is 2.06. The molecule has 0 bridgehead atoms. The number of hydrogen-bond donors (Lipinski definition) is 0. The first-order valence-corrected chi connectivity index (χ1v) is 11.9. The van der Waals surface area contributed by atoms with Gasteiger partial charge in [0.15, 0.2) is 0 Å². The van der Waals surface area contributed by atoms with Crippen molar-refractivity contribution >= 4 is 21.6 Å². The van der Waals surface area contributed by atoms with E-state index in [9.17, 15) is 13.2 Å². The maximum absolute atomic E-state index is 13.8. The van der Waals surface area contributed by atoms with Crippen molar-refractivity contribution in [3.8, 4) is 0 Å². The lowest BCUT2D eigenvalue weighted by molar-refractivity contribution is -0.129. The molecule has 30 heavy (non-hydrogen) atoms. The number of rotatable bonds is 5. The minimum absolute atomic E-state index is 0.154. The fourth-order valence-electron chi connectivity index (χ4n) is 4.19. The predicted molar refractivity (Wildman–Crippen MR) is 118 cm³/mol. The van der Waals surface area contributed by atoms with Gasteiger partial charge in [-0.1, -0.05) is 18.9 Å². The molecule has 8 heteroatoms. The van der Waals surface area contributed by atoms with Crippen LogP contribution in [0.25, 0.3) is 0 Å². The highest BCUT2D eigenvalue weighted by molar-refractivity contribution is 7.93. The molecule has 1 saturated heterocycles. The summed E-state index contributed by atoms with van der Waals surface area (Å²) in [7, 11) is -2.24. The van der Waals surface area contributed by atoms with E-state index < -0.39 is 10.0 Å². The molecule has 1 aliphatic heterocycles. The van der Waals surface area contributed by atoms with Gasteiger partial charge in [0.25, 0.3) is 10.0 Å². The third-order valence-corrected chi connectivity index (χ3v) is 7.75. The zero-order valence-electron chi connectivity index (χ0n) is 18.6. The lowest BCUT2D eigenvalue weighted by atomic mass is 10.1. The quantitative estimate of drug-likeness (QED) is 0.727. The lowest BCUT2D eigenvalue weighted by Crippen LogP contribution is -2.43. The van der Waals surface area contributed by atoms with Crippen LogP contribution in [0.1, 0.15) is 48.2 Å². The topological polar surface area (TPSA) is 75.5 Å². The molecule has 1 aromatic heterocycles. The Kier molecular flexibility index (Phi) is 6.55. The van der Waals surface area contributed by atoms with Crippen LogP contribution in [0, 0.1) is 27.7 Å². The number of hydrogen-bond acceptors (Lipinski definition) is 4. The molecule has 3 rings (SSSR count). The van der Waals surface area contributed by atoms with Gasteiger partial charge in [0, 0.05) is 20.1 Å². The number of aryl methyl sites for hydroxylation is 4. The normalized spacial score (nSPS) is 15.2. The molecular weight excluding hydrogens is 400 g/mol. The van der Waals surface area contributed by atoms with Crippen LogP contribution in [-0.2, 0) is 21.9 Å². The third-order valence-electron chi connectivity index (χ3n) is 5.72. The monoisotopic (exact) mass is 432 g/mol. The maximum atomic E-state index is 13.8. The third kappa shape index (κ3) is 4.53. The maximum Gasteiger partial charge on any atom is 0.268 e. The summed E-state index contributed by atoms with van der Waals surface area (Å²) in [4.78, 5) is 15.1. The first-order chi connectivity index (χ1) is 14.1. The molecule has 0 spiro atoms. The smallest absolute Gasteiger partial charge is 0.268 e. The summed E-state index contributed by atoms with van der Waals surface area (Å²) < 4.78 is 30.4. The van der Waals surface area contributed by atoms with Crippen molar-refractivity contribution in [3.05, 3.63) is 40.7 Å². The molecule has 2 aromatic rings. The summed E-state index contributed by atoms with van der Waals surface area (Å²) in [6, 6.07) is 5.63. The van der Waals surface area contributed by atoms with Gasteiger partial charge in [-0.25, -0.2) is 8.42 Å². The van der Waals surface area contributed by atoms with E-state index in [1.165, 1.54) is 4.31 Å². The fraction of sp³-hybridized carbons (Fsp3) is 0.545. The van der Waals surface area contributed by atoms with E-state index in [0.717, 1.165) is 36.8 Å². The summed E-state index contributed by atoms with van der Waals surface area (Å²) >= 11 is 0. The van der Waals surface area contributed by atoms with Crippen molar-refractivity contribution in [3.63, 3.8) is 0 Å². The van der Waals surface area contributed by atoms with E-state index in [2.05, 4.69) is 5.10 Å². The number of likely N-dealkylation sites (tertiary alicyclic amines) is 1. The average Bonchev–Trinajstić information content (AvgIpc) is 2.83. The molecule has 1 amide bonds. The molecule has 0 aliphatic carbocycles. The largest absolute Gasteiger partial charge is 0.341 e. The molecule has 1 aromatic carbocycles. The molecule has 1 fully saturated rings. The van der Waals surface area contributed by atoms with Gasteiger partial charge in [-0.05, 0) is 63.8 Å². The second-order valence-corrected chi connectivity index (χ2v) is 10.1. The molecule has 7 nitrogen and oxygen atoms in total. The summed E-state index contributed by atoms with van der Waals surface area (Å²) in [6.07, 6.45) is 4.14. The number of carbonyl (C=O) groups is 1. The summed E-state index contributed by atoms with van der Waals surface area (Å²) in [5.74, 6) is -0.154. The van der Waals surface area contributed by atoms with Crippen molar-refractivity contribution in [2.45, 2.75) is 58.3 Å². The van der Waals surface area contributed by atoms with E-state index in [1.807, 2.05) is 32.0 Å². The van der Waals surface area contributed by atoms with Gasteiger partial charge < -0.3 is 4.90 Å². The van der Waals surface area contributed by atoms with Gasteiger partial charge in [0.05, 0.1) is 17.1 Å². The Bertz CT molecular complexity index is 1010.